The zero-order chi connectivity index (χ0) is 13.5. The topological polar surface area (TPSA) is 52.6 Å². The van der Waals surface area contributed by atoms with Crippen LogP contribution in [0.15, 0.2) is 24.3 Å². The molecule has 0 aliphatic rings. The van der Waals surface area contributed by atoms with Gasteiger partial charge in [-0.1, -0.05) is 19.1 Å². The minimum absolute atomic E-state index is 0.220. The van der Waals surface area contributed by atoms with Gasteiger partial charge in [-0.25, -0.2) is 0 Å². The van der Waals surface area contributed by atoms with E-state index in [-0.39, 0.29) is 18.0 Å². The fourth-order valence-corrected chi connectivity index (χ4v) is 1.53. The van der Waals surface area contributed by atoms with E-state index < -0.39 is 0 Å². The highest BCUT2D eigenvalue weighted by atomic mass is 16.5. The molecule has 98 valence electrons. The van der Waals surface area contributed by atoms with Crippen molar-refractivity contribution in [1.82, 2.24) is 0 Å². The summed E-state index contributed by atoms with van der Waals surface area (Å²) in [5.41, 5.74) is 0.804. The van der Waals surface area contributed by atoms with Crippen LogP contribution in [-0.2, 0) is 14.3 Å². The van der Waals surface area contributed by atoms with Crippen LogP contribution in [-0.4, -0.2) is 11.9 Å². The molecule has 1 unspecified atom stereocenters. The second-order valence-corrected chi connectivity index (χ2v) is 4.05. The molecule has 1 atom stereocenters. The number of carbonyl (C=O) groups excluding carboxylic acids is 2. The molecule has 4 nitrogen and oxygen atoms in total. The van der Waals surface area contributed by atoms with E-state index in [0.29, 0.717) is 12.2 Å². The van der Waals surface area contributed by atoms with Crippen LogP contribution in [0.25, 0.3) is 0 Å². The lowest BCUT2D eigenvalue weighted by Crippen LogP contribution is -2.08. The van der Waals surface area contributed by atoms with Crippen LogP contribution in [0.2, 0.25) is 0 Å². The van der Waals surface area contributed by atoms with Crippen LogP contribution in [0.1, 0.15) is 45.3 Å². The van der Waals surface area contributed by atoms with Crippen molar-refractivity contribution in [3.05, 3.63) is 29.8 Å². The first kappa shape index (κ1) is 14.2. The third kappa shape index (κ3) is 4.57. The zero-order valence-electron chi connectivity index (χ0n) is 10.9. The smallest absolute Gasteiger partial charge is 0.308 e. The van der Waals surface area contributed by atoms with Crippen LogP contribution in [0, 0.1) is 0 Å². The summed E-state index contributed by atoms with van der Waals surface area (Å²) in [4.78, 5) is 22.2. The molecule has 0 aliphatic heterocycles. The molecule has 0 heterocycles. The van der Waals surface area contributed by atoms with Gasteiger partial charge in [0.05, 0.1) is 0 Å². The average Bonchev–Trinajstić information content (AvgIpc) is 2.28. The van der Waals surface area contributed by atoms with Crippen LogP contribution >= 0.6 is 0 Å². The Bertz CT molecular complexity index is 426. The number of rotatable bonds is 5. The van der Waals surface area contributed by atoms with Gasteiger partial charge in [0.2, 0.25) is 0 Å². The van der Waals surface area contributed by atoms with E-state index in [1.54, 1.807) is 25.1 Å². The summed E-state index contributed by atoms with van der Waals surface area (Å²) in [6.07, 6.45) is 0.826. The third-order valence-corrected chi connectivity index (χ3v) is 2.35. The molecule has 0 N–H and O–H groups in total. The molecule has 18 heavy (non-hydrogen) atoms. The van der Waals surface area contributed by atoms with Crippen molar-refractivity contribution in [2.45, 2.75) is 39.7 Å². The van der Waals surface area contributed by atoms with Gasteiger partial charge in [0.15, 0.2) is 0 Å². The summed E-state index contributed by atoms with van der Waals surface area (Å²) >= 11 is 0. The maximum atomic E-state index is 11.4. The van der Waals surface area contributed by atoms with E-state index >= 15 is 0 Å². The van der Waals surface area contributed by atoms with Gasteiger partial charge >= 0.3 is 11.9 Å². The number of hydrogen-bond donors (Lipinski definition) is 0. The summed E-state index contributed by atoms with van der Waals surface area (Å²) in [7, 11) is 0. The lowest BCUT2D eigenvalue weighted by atomic mass is 10.1. The summed E-state index contributed by atoms with van der Waals surface area (Å²) < 4.78 is 10.2. The number of benzene rings is 1. The monoisotopic (exact) mass is 250 g/mol. The lowest BCUT2D eigenvalue weighted by Gasteiger charge is -2.14. The fraction of sp³-hybridized carbons (Fsp3) is 0.429. The molecule has 1 rings (SSSR count). The largest absolute Gasteiger partial charge is 0.458 e. The van der Waals surface area contributed by atoms with Crippen molar-refractivity contribution in [3.63, 3.8) is 0 Å². The molecule has 0 amide bonds. The standard InChI is InChI=1S/C14H18O4/c1-4-6-14(16)17-10(2)12-7-5-8-13(9-12)18-11(3)15/h5,7-10H,4,6H2,1-3H3. The molecule has 4 heteroatoms. The Morgan fingerprint density at radius 1 is 1.33 bits per heavy atom. The maximum Gasteiger partial charge on any atom is 0.308 e. The van der Waals surface area contributed by atoms with Gasteiger partial charge in [0.1, 0.15) is 11.9 Å². The van der Waals surface area contributed by atoms with Gasteiger partial charge in [0.25, 0.3) is 0 Å². The molecule has 1 aromatic rings. The summed E-state index contributed by atoms with van der Waals surface area (Å²) in [6.45, 7) is 5.06. The quantitative estimate of drug-likeness (QED) is 0.595. The molecule has 1 aromatic carbocycles. The van der Waals surface area contributed by atoms with Crippen LogP contribution in [0.3, 0.4) is 0 Å². The molecule has 0 spiro atoms. The Morgan fingerprint density at radius 3 is 2.67 bits per heavy atom. The van der Waals surface area contributed by atoms with E-state index in [2.05, 4.69) is 0 Å². The lowest BCUT2D eigenvalue weighted by molar-refractivity contribution is -0.148. The van der Waals surface area contributed by atoms with Gasteiger partial charge in [-0.3, -0.25) is 9.59 Å². The average molecular weight is 250 g/mol. The van der Waals surface area contributed by atoms with Gasteiger partial charge in [-0.2, -0.15) is 0 Å². The molecular weight excluding hydrogens is 232 g/mol. The minimum atomic E-state index is -0.372. The molecule has 0 aromatic heterocycles. The molecule has 0 aliphatic carbocycles. The first-order valence-corrected chi connectivity index (χ1v) is 6.00. The van der Waals surface area contributed by atoms with Crippen LogP contribution in [0.5, 0.6) is 5.75 Å². The van der Waals surface area contributed by atoms with Crippen molar-refractivity contribution in [3.8, 4) is 5.75 Å². The van der Waals surface area contributed by atoms with E-state index in [9.17, 15) is 9.59 Å². The summed E-state index contributed by atoms with van der Waals surface area (Å²) in [5, 5.41) is 0. The van der Waals surface area contributed by atoms with E-state index in [0.717, 1.165) is 12.0 Å². The number of hydrogen-bond acceptors (Lipinski definition) is 4. The van der Waals surface area contributed by atoms with Gasteiger partial charge < -0.3 is 9.47 Å². The third-order valence-electron chi connectivity index (χ3n) is 2.35. The second-order valence-electron chi connectivity index (χ2n) is 4.05. The maximum absolute atomic E-state index is 11.4. The summed E-state index contributed by atoms with van der Waals surface area (Å²) in [6, 6.07) is 6.98. The van der Waals surface area contributed by atoms with Crippen molar-refractivity contribution in [2.75, 3.05) is 0 Å². The number of esters is 2. The fourth-order valence-electron chi connectivity index (χ4n) is 1.53. The van der Waals surface area contributed by atoms with Gasteiger partial charge in [-0.05, 0) is 31.0 Å². The minimum Gasteiger partial charge on any atom is -0.458 e. The summed E-state index contributed by atoms with van der Waals surface area (Å²) in [5.74, 6) is -0.135. The first-order chi connectivity index (χ1) is 8.52. The van der Waals surface area contributed by atoms with Crippen molar-refractivity contribution < 1.29 is 19.1 Å². The Balaban J connectivity index is 2.70. The van der Waals surface area contributed by atoms with Crippen molar-refractivity contribution >= 4 is 11.9 Å². The molecule has 0 saturated heterocycles. The van der Waals surface area contributed by atoms with E-state index in [4.69, 9.17) is 9.47 Å². The highest BCUT2D eigenvalue weighted by Crippen LogP contribution is 2.22. The van der Waals surface area contributed by atoms with E-state index in [1.165, 1.54) is 6.92 Å². The van der Waals surface area contributed by atoms with E-state index in [1.807, 2.05) is 13.0 Å². The normalized spacial score (nSPS) is 11.7. The number of ether oxygens (including phenoxy) is 2. The van der Waals surface area contributed by atoms with Crippen LogP contribution in [0.4, 0.5) is 0 Å². The van der Waals surface area contributed by atoms with Crippen molar-refractivity contribution in [2.24, 2.45) is 0 Å². The highest BCUT2D eigenvalue weighted by molar-refractivity contribution is 5.70. The Morgan fingerprint density at radius 2 is 2.06 bits per heavy atom. The predicted octanol–water partition coefficient (Wildman–Crippen LogP) is 3.02. The molecular formula is C14H18O4. The Labute approximate surface area is 107 Å². The predicted molar refractivity (Wildman–Crippen MR) is 67.2 cm³/mol. The zero-order valence-corrected chi connectivity index (χ0v) is 10.9. The Kier molecular flexibility index (Phi) is 5.36. The second kappa shape index (κ2) is 6.79. The van der Waals surface area contributed by atoms with Crippen LogP contribution < -0.4 is 4.74 Å². The number of carbonyl (C=O) groups is 2. The first-order valence-electron chi connectivity index (χ1n) is 6.00. The Hall–Kier alpha value is -1.84. The highest BCUT2D eigenvalue weighted by Gasteiger charge is 2.12. The van der Waals surface area contributed by atoms with Gasteiger partial charge in [-0.15, -0.1) is 0 Å². The molecule has 0 radical (unpaired) electrons. The molecule has 0 saturated carbocycles. The molecule has 0 bridgehead atoms. The molecule has 0 fully saturated rings. The SMILES string of the molecule is CCCC(=O)OC(C)c1cccc(OC(C)=O)c1. The van der Waals surface area contributed by atoms with Crippen molar-refractivity contribution in [1.29, 1.82) is 0 Å². The van der Waals surface area contributed by atoms with Gasteiger partial charge in [0, 0.05) is 13.3 Å².